The summed E-state index contributed by atoms with van der Waals surface area (Å²) < 4.78 is 10.2. The third-order valence-electron chi connectivity index (χ3n) is 2.73. The fourth-order valence-corrected chi connectivity index (χ4v) is 1.18. The topological polar surface area (TPSA) is 61.6 Å². The monoisotopic (exact) mass is 237 g/mol. The molecule has 1 aromatic rings. The summed E-state index contributed by atoms with van der Waals surface area (Å²) in [5.74, 6) is 0.396. The zero-order valence-electron chi connectivity index (χ0n) is 10.5. The highest BCUT2D eigenvalue weighted by atomic mass is 16.5. The maximum Gasteiger partial charge on any atom is 0.326 e. The molecule has 0 aromatic heterocycles. The lowest BCUT2D eigenvalue weighted by Gasteiger charge is -2.20. The van der Waals surface area contributed by atoms with Gasteiger partial charge in [-0.2, -0.15) is 0 Å². The Bertz CT molecular complexity index is 371. The summed E-state index contributed by atoms with van der Waals surface area (Å²) in [4.78, 5) is 11.6. The van der Waals surface area contributed by atoms with Gasteiger partial charge in [0.15, 0.2) is 0 Å². The summed E-state index contributed by atoms with van der Waals surface area (Å²) in [5, 5.41) is 0. The molecular formula is C13H19NO3. The van der Waals surface area contributed by atoms with Gasteiger partial charge in [0, 0.05) is 0 Å². The van der Waals surface area contributed by atoms with Crippen molar-refractivity contribution in [1.82, 2.24) is 0 Å². The van der Waals surface area contributed by atoms with Crippen LogP contribution in [0.5, 0.6) is 5.75 Å². The molecule has 94 valence electrons. The summed E-state index contributed by atoms with van der Waals surface area (Å²) in [6.07, 6.45) is 0.550. The van der Waals surface area contributed by atoms with E-state index in [9.17, 15) is 4.79 Å². The third-order valence-corrected chi connectivity index (χ3v) is 2.73. The molecule has 0 saturated carbocycles. The smallest absolute Gasteiger partial charge is 0.326 e. The van der Waals surface area contributed by atoms with Crippen LogP contribution in [0.25, 0.3) is 0 Å². The molecule has 1 atom stereocenters. The SMILES string of the molecule is CCC(C)(N)C(=O)OCc1ccc(OC)cc1. The number of hydrogen-bond donors (Lipinski definition) is 1. The first-order valence-electron chi connectivity index (χ1n) is 5.58. The van der Waals surface area contributed by atoms with Crippen molar-refractivity contribution in [3.8, 4) is 5.75 Å². The molecule has 0 heterocycles. The Hall–Kier alpha value is -1.55. The molecule has 1 rings (SSSR count). The van der Waals surface area contributed by atoms with Crippen LogP contribution in [0.1, 0.15) is 25.8 Å². The van der Waals surface area contributed by atoms with Crippen LogP contribution < -0.4 is 10.5 Å². The van der Waals surface area contributed by atoms with Crippen molar-refractivity contribution in [1.29, 1.82) is 0 Å². The standard InChI is InChI=1S/C13H19NO3/c1-4-13(2,14)12(15)17-9-10-5-7-11(16-3)8-6-10/h5-8H,4,9,14H2,1-3H3. The number of methoxy groups -OCH3 is 1. The summed E-state index contributed by atoms with van der Waals surface area (Å²) in [7, 11) is 1.61. The second kappa shape index (κ2) is 5.68. The van der Waals surface area contributed by atoms with E-state index in [1.165, 1.54) is 0 Å². The Morgan fingerprint density at radius 1 is 1.35 bits per heavy atom. The Morgan fingerprint density at radius 2 is 1.94 bits per heavy atom. The summed E-state index contributed by atoms with van der Waals surface area (Å²) in [6.45, 7) is 3.76. The number of nitrogens with two attached hydrogens (primary N) is 1. The summed E-state index contributed by atoms with van der Waals surface area (Å²) in [6, 6.07) is 7.35. The minimum atomic E-state index is -0.910. The molecule has 2 N–H and O–H groups in total. The first-order valence-corrected chi connectivity index (χ1v) is 5.58. The molecule has 0 radical (unpaired) electrons. The van der Waals surface area contributed by atoms with E-state index in [1.807, 2.05) is 31.2 Å². The fraction of sp³-hybridized carbons (Fsp3) is 0.462. The summed E-state index contributed by atoms with van der Waals surface area (Å²) in [5.41, 5.74) is 5.77. The second-order valence-electron chi connectivity index (χ2n) is 4.20. The molecule has 0 bridgehead atoms. The van der Waals surface area contributed by atoms with E-state index in [-0.39, 0.29) is 12.6 Å². The molecule has 0 saturated heterocycles. The van der Waals surface area contributed by atoms with Crippen LogP contribution in [0, 0.1) is 0 Å². The second-order valence-corrected chi connectivity index (χ2v) is 4.20. The van der Waals surface area contributed by atoms with Crippen molar-refractivity contribution < 1.29 is 14.3 Å². The highest BCUT2D eigenvalue weighted by Crippen LogP contribution is 2.13. The van der Waals surface area contributed by atoms with Gasteiger partial charge in [0.2, 0.25) is 0 Å². The van der Waals surface area contributed by atoms with Crippen LogP contribution in [0.4, 0.5) is 0 Å². The lowest BCUT2D eigenvalue weighted by molar-refractivity contribution is -0.151. The highest BCUT2D eigenvalue weighted by molar-refractivity contribution is 5.79. The maximum absolute atomic E-state index is 11.6. The van der Waals surface area contributed by atoms with Crippen LogP contribution in [-0.4, -0.2) is 18.6 Å². The number of carbonyl (C=O) groups excluding carboxylic acids is 1. The predicted molar refractivity (Wildman–Crippen MR) is 65.7 cm³/mol. The average molecular weight is 237 g/mol. The predicted octanol–water partition coefficient (Wildman–Crippen LogP) is 1.87. The maximum atomic E-state index is 11.6. The van der Waals surface area contributed by atoms with Crippen LogP contribution >= 0.6 is 0 Å². The minimum absolute atomic E-state index is 0.232. The van der Waals surface area contributed by atoms with Crippen molar-refractivity contribution >= 4 is 5.97 Å². The average Bonchev–Trinajstić information content (AvgIpc) is 2.36. The number of carbonyl (C=O) groups is 1. The van der Waals surface area contributed by atoms with Crippen LogP contribution in [0.15, 0.2) is 24.3 Å². The first-order chi connectivity index (χ1) is 7.99. The van der Waals surface area contributed by atoms with E-state index >= 15 is 0 Å². The van der Waals surface area contributed by atoms with E-state index < -0.39 is 5.54 Å². The van der Waals surface area contributed by atoms with Crippen molar-refractivity contribution in [3.63, 3.8) is 0 Å². The van der Waals surface area contributed by atoms with Crippen LogP contribution in [-0.2, 0) is 16.1 Å². The van der Waals surface area contributed by atoms with Crippen molar-refractivity contribution in [2.75, 3.05) is 7.11 Å². The molecule has 0 aliphatic rings. The number of benzene rings is 1. The number of ether oxygens (including phenoxy) is 2. The van der Waals surface area contributed by atoms with Crippen molar-refractivity contribution in [2.24, 2.45) is 5.73 Å². The quantitative estimate of drug-likeness (QED) is 0.794. The Balaban J connectivity index is 2.53. The van der Waals surface area contributed by atoms with Gasteiger partial charge in [-0.1, -0.05) is 19.1 Å². The van der Waals surface area contributed by atoms with E-state index in [4.69, 9.17) is 15.2 Å². The molecule has 0 fully saturated rings. The van der Waals surface area contributed by atoms with Gasteiger partial charge in [0.25, 0.3) is 0 Å². The Morgan fingerprint density at radius 3 is 2.41 bits per heavy atom. The molecule has 4 heteroatoms. The fourth-order valence-electron chi connectivity index (χ4n) is 1.18. The molecule has 0 spiro atoms. The first kappa shape index (κ1) is 13.5. The van der Waals surface area contributed by atoms with Gasteiger partial charge in [0.1, 0.15) is 17.9 Å². The van der Waals surface area contributed by atoms with Gasteiger partial charge in [0.05, 0.1) is 7.11 Å². The molecule has 4 nitrogen and oxygen atoms in total. The molecular weight excluding hydrogens is 218 g/mol. The van der Waals surface area contributed by atoms with Gasteiger partial charge in [-0.15, -0.1) is 0 Å². The molecule has 0 aliphatic heterocycles. The van der Waals surface area contributed by atoms with Crippen LogP contribution in [0.3, 0.4) is 0 Å². The van der Waals surface area contributed by atoms with Crippen LogP contribution in [0.2, 0.25) is 0 Å². The molecule has 1 aromatic carbocycles. The van der Waals surface area contributed by atoms with E-state index in [2.05, 4.69) is 0 Å². The van der Waals surface area contributed by atoms with Crippen molar-refractivity contribution in [2.45, 2.75) is 32.4 Å². The van der Waals surface area contributed by atoms with Gasteiger partial charge in [-0.25, -0.2) is 0 Å². The third kappa shape index (κ3) is 3.75. The molecule has 17 heavy (non-hydrogen) atoms. The van der Waals surface area contributed by atoms with E-state index in [0.29, 0.717) is 6.42 Å². The molecule has 1 unspecified atom stereocenters. The van der Waals surface area contributed by atoms with E-state index in [0.717, 1.165) is 11.3 Å². The summed E-state index contributed by atoms with van der Waals surface area (Å²) >= 11 is 0. The normalized spacial score (nSPS) is 13.9. The van der Waals surface area contributed by atoms with Gasteiger partial charge >= 0.3 is 5.97 Å². The molecule has 0 amide bonds. The van der Waals surface area contributed by atoms with Gasteiger partial charge in [-0.3, -0.25) is 4.79 Å². The number of hydrogen-bond acceptors (Lipinski definition) is 4. The van der Waals surface area contributed by atoms with Gasteiger partial charge in [-0.05, 0) is 31.0 Å². The van der Waals surface area contributed by atoms with Crippen molar-refractivity contribution in [3.05, 3.63) is 29.8 Å². The highest BCUT2D eigenvalue weighted by Gasteiger charge is 2.27. The molecule has 0 aliphatic carbocycles. The van der Waals surface area contributed by atoms with E-state index in [1.54, 1.807) is 14.0 Å². The Labute approximate surface area is 102 Å². The minimum Gasteiger partial charge on any atom is -0.497 e. The Kier molecular flexibility index (Phi) is 4.52. The number of rotatable bonds is 5. The lowest BCUT2D eigenvalue weighted by Crippen LogP contribution is -2.45. The zero-order chi connectivity index (χ0) is 12.9. The number of esters is 1. The zero-order valence-corrected chi connectivity index (χ0v) is 10.5. The van der Waals surface area contributed by atoms with Gasteiger partial charge < -0.3 is 15.2 Å². The lowest BCUT2D eigenvalue weighted by atomic mass is 10.0. The largest absolute Gasteiger partial charge is 0.497 e.